The summed E-state index contributed by atoms with van der Waals surface area (Å²) >= 11 is 0. The summed E-state index contributed by atoms with van der Waals surface area (Å²) in [4.78, 5) is 11.6. The first-order valence-electron chi connectivity index (χ1n) is 5.73. The number of hydrogen-bond donors (Lipinski definition) is 0. The van der Waals surface area contributed by atoms with Crippen molar-refractivity contribution < 1.29 is 9.53 Å². The van der Waals surface area contributed by atoms with Crippen LogP contribution in [0.15, 0.2) is 23.3 Å². The fraction of sp³-hybridized carbons (Fsp3) is 0.615. The Kier molecular flexibility index (Phi) is 2.94. The third-order valence-corrected chi connectivity index (χ3v) is 3.37. The van der Waals surface area contributed by atoms with E-state index in [1.54, 1.807) is 0 Å². The van der Waals surface area contributed by atoms with Gasteiger partial charge in [-0.1, -0.05) is 31.1 Å². The number of rotatable bonds is 1. The Morgan fingerprint density at radius 1 is 1.40 bits per heavy atom. The Morgan fingerprint density at radius 2 is 2.20 bits per heavy atom. The van der Waals surface area contributed by atoms with E-state index in [2.05, 4.69) is 19.1 Å². The Hall–Kier alpha value is -1.05. The molecule has 2 nitrogen and oxygen atoms in total. The van der Waals surface area contributed by atoms with Crippen LogP contribution in [0.1, 0.15) is 32.6 Å². The molecule has 2 aliphatic rings. The van der Waals surface area contributed by atoms with Crippen LogP contribution in [0.25, 0.3) is 0 Å². The van der Waals surface area contributed by atoms with Gasteiger partial charge in [0.05, 0.1) is 7.11 Å². The summed E-state index contributed by atoms with van der Waals surface area (Å²) in [6, 6.07) is 0. The van der Waals surface area contributed by atoms with Crippen molar-refractivity contribution in [1.82, 2.24) is 0 Å². The van der Waals surface area contributed by atoms with Crippen molar-refractivity contribution in [1.29, 1.82) is 0 Å². The highest BCUT2D eigenvalue weighted by Gasteiger charge is 2.30. The average Bonchev–Trinajstić information content (AvgIpc) is 2.26. The van der Waals surface area contributed by atoms with E-state index in [1.165, 1.54) is 25.5 Å². The zero-order chi connectivity index (χ0) is 10.8. The molecule has 2 aliphatic carbocycles. The third-order valence-electron chi connectivity index (χ3n) is 3.37. The number of carbonyl (C=O) groups is 1. The topological polar surface area (TPSA) is 26.3 Å². The van der Waals surface area contributed by atoms with Crippen molar-refractivity contribution in [2.24, 2.45) is 11.8 Å². The maximum Gasteiger partial charge on any atom is 0.334 e. The number of allylic oxidation sites excluding steroid dienone is 3. The fourth-order valence-corrected chi connectivity index (χ4v) is 2.71. The quantitative estimate of drug-likeness (QED) is 0.487. The lowest BCUT2D eigenvalue weighted by atomic mass is 9.74. The molecule has 1 saturated carbocycles. The van der Waals surface area contributed by atoms with E-state index < -0.39 is 0 Å². The summed E-state index contributed by atoms with van der Waals surface area (Å²) in [6.07, 6.45) is 9.14. The fourth-order valence-electron chi connectivity index (χ4n) is 2.71. The van der Waals surface area contributed by atoms with Gasteiger partial charge in [0.1, 0.15) is 0 Å². The Balaban J connectivity index is 2.26. The standard InChI is InChI=1S/C13H18O2/c1-9-7-10-5-3-4-6-11(10)12(8-9)13(14)15-2/h7-9,11H,3-6H2,1-2H3/t9-,11+/m0/s1. The summed E-state index contributed by atoms with van der Waals surface area (Å²) in [7, 11) is 1.47. The van der Waals surface area contributed by atoms with Crippen molar-refractivity contribution in [3.05, 3.63) is 23.3 Å². The molecule has 2 heteroatoms. The number of esters is 1. The lowest BCUT2D eigenvalue weighted by Gasteiger charge is -2.30. The van der Waals surface area contributed by atoms with Gasteiger partial charge in [0.15, 0.2) is 0 Å². The maximum absolute atomic E-state index is 11.6. The van der Waals surface area contributed by atoms with Gasteiger partial charge in [0.2, 0.25) is 0 Å². The predicted octanol–water partition coefficient (Wildman–Crippen LogP) is 2.85. The zero-order valence-electron chi connectivity index (χ0n) is 9.45. The van der Waals surface area contributed by atoms with Crippen molar-refractivity contribution in [3.63, 3.8) is 0 Å². The van der Waals surface area contributed by atoms with Gasteiger partial charge in [-0.15, -0.1) is 0 Å². The second kappa shape index (κ2) is 4.21. The Bertz CT molecular complexity index is 325. The van der Waals surface area contributed by atoms with Crippen LogP contribution in [0, 0.1) is 11.8 Å². The molecule has 0 aromatic rings. The predicted molar refractivity (Wildman–Crippen MR) is 59.3 cm³/mol. The van der Waals surface area contributed by atoms with Gasteiger partial charge in [0, 0.05) is 11.5 Å². The van der Waals surface area contributed by atoms with Crippen molar-refractivity contribution in [2.75, 3.05) is 7.11 Å². The van der Waals surface area contributed by atoms with Crippen LogP contribution in [0.5, 0.6) is 0 Å². The molecule has 0 amide bonds. The lowest BCUT2D eigenvalue weighted by molar-refractivity contribution is -0.136. The van der Waals surface area contributed by atoms with Gasteiger partial charge in [0.25, 0.3) is 0 Å². The average molecular weight is 206 g/mol. The van der Waals surface area contributed by atoms with Gasteiger partial charge in [-0.25, -0.2) is 4.79 Å². The van der Waals surface area contributed by atoms with Crippen LogP contribution < -0.4 is 0 Å². The maximum atomic E-state index is 11.6. The van der Waals surface area contributed by atoms with Crippen molar-refractivity contribution in [2.45, 2.75) is 32.6 Å². The minimum atomic E-state index is -0.139. The molecular formula is C13H18O2. The molecule has 0 unspecified atom stereocenters. The third kappa shape index (κ3) is 1.99. The van der Waals surface area contributed by atoms with Gasteiger partial charge >= 0.3 is 5.97 Å². The second-order valence-corrected chi connectivity index (χ2v) is 4.51. The van der Waals surface area contributed by atoms with Crippen molar-refractivity contribution in [3.8, 4) is 0 Å². The monoisotopic (exact) mass is 206 g/mol. The van der Waals surface area contributed by atoms with E-state index in [1.807, 2.05) is 0 Å². The molecule has 0 heterocycles. The van der Waals surface area contributed by atoms with Crippen LogP contribution in [-0.4, -0.2) is 13.1 Å². The molecule has 0 radical (unpaired) electrons. The SMILES string of the molecule is COC(=O)C1=C[C@@H](C)C=C2CCCC[C@H]21. The van der Waals surface area contributed by atoms with Gasteiger partial charge in [-0.2, -0.15) is 0 Å². The summed E-state index contributed by atoms with van der Waals surface area (Å²) in [6.45, 7) is 2.13. The zero-order valence-corrected chi connectivity index (χ0v) is 9.45. The molecule has 2 rings (SSSR count). The van der Waals surface area contributed by atoms with E-state index in [4.69, 9.17) is 4.74 Å². The molecule has 1 fully saturated rings. The molecule has 82 valence electrons. The molecule has 0 saturated heterocycles. The van der Waals surface area contributed by atoms with E-state index in [-0.39, 0.29) is 5.97 Å². The van der Waals surface area contributed by atoms with Gasteiger partial charge in [-0.05, 0) is 25.2 Å². The van der Waals surface area contributed by atoms with Gasteiger partial charge in [-0.3, -0.25) is 0 Å². The molecule has 15 heavy (non-hydrogen) atoms. The Labute approximate surface area is 91.0 Å². The molecule has 0 aromatic heterocycles. The molecule has 0 spiro atoms. The first kappa shape index (κ1) is 10.5. The molecule has 0 bridgehead atoms. The molecule has 0 aliphatic heterocycles. The largest absolute Gasteiger partial charge is 0.466 e. The number of ether oxygens (including phenoxy) is 1. The van der Waals surface area contributed by atoms with Crippen LogP contribution in [0.4, 0.5) is 0 Å². The molecule has 0 N–H and O–H groups in total. The smallest absolute Gasteiger partial charge is 0.334 e. The summed E-state index contributed by atoms with van der Waals surface area (Å²) < 4.78 is 4.85. The lowest BCUT2D eigenvalue weighted by Crippen LogP contribution is -2.23. The molecule has 2 atom stereocenters. The second-order valence-electron chi connectivity index (χ2n) is 4.51. The highest BCUT2D eigenvalue weighted by atomic mass is 16.5. The highest BCUT2D eigenvalue weighted by molar-refractivity contribution is 5.90. The van der Waals surface area contributed by atoms with E-state index in [0.29, 0.717) is 11.8 Å². The normalized spacial score (nSPS) is 30.0. The minimum absolute atomic E-state index is 0.139. The summed E-state index contributed by atoms with van der Waals surface area (Å²) in [5.41, 5.74) is 2.35. The van der Waals surface area contributed by atoms with Gasteiger partial charge < -0.3 is 4.74 Å². The number of hydrogen-bond acceptors (Lipinski definition) is 2. The van der Waals surface area contributed by atoms with Crippen LogP contribution in [-0.2, 0) is 9.53 Å². The molecular weight excluding hydrogens is 188 g/mol. The van der Waals surface area contributed by atoms with E-state index in [0.717, 1.165) is 18.4 Å². The van der Waals surface area contributed by atoms with E-state index in [9.17, 15) is 4.79 Å². The number of carbonyl (C=O) groups excluding carboxylic acids is 1. The Morgan fingerprint density at radius 3 is 2.93 bits per heavy atom. The summed E-state index contributed by atoms with van der Waals surface area (Å²) in [5.74, 6) is 0.588. The molecule has 0 aromatic carbocycles. The highest BCUT2D eigenvalue weighted by Crippen LogP contribution is 2.39. The van der Waals surface area contributed by atoms with Crippen LogP contribution in [0.2, 0.25) is 0 Å². The van der Waals surface area contributed by atoms with Crippen LogP contribution in [0.3, 0.4) is 0 Å². The number of fused-ring (bicyclic) bond motifs is 1. The van der Waals surface area contributed by atoms with E-state index >= 15 is 0 Å². The summed E-state index contributed by atoms with van der Waals surface area (Å²) in [5, 5.41) is 0. The number of methoxy groups -OCH3 is 1. The van der Waals surface area contributed by atoms with Crippen molar-refractivity contribution >= 4 is 5.97 Å². The minimum Gasteiger partial charge on any atom is -0.466 e. The first-order valence-corrected chi connectivity index (χ1v) is 5.73. The van der Waals surface area contributed by atoms with Crippen LogP contribution >= 0.6 is 0 Å². The first-order chi connectivity index (χ1) is 7.22.